The van der Waals surface area contributed by atoms with Crippen LogP contribution in [0, 0.1) is 5.41 Å². The topological polar surface area (TPSA) is 88.6 Å². The molecular formula is C27H33N3O6. The predicted molar refractivity (Wildman–Crippen MR) is 133 cm³/mol. The van der Waals surface area contributed by atoms with Crippen LogP contribution in [0.25, 0.3) is 0 Å². The number of carbonyl (C=O) groups excluding carboxylic acids is 3. The Bertz CT molecular complexity index is 1150. The minimum atomic E-state index is -1.45. The number of imide groups is 2. The van der Waals surface area contributed by atoms with E-state index in [4.69, 9.17) is 14.2 Å². The van der Waals surface area contributed by atoms with Crippen LogP contribution in [0.3, 0.4) is 0 Å². The van der Waals surface area contributed by atoms with Crippen LogP contribution in [0.4, 0.5) is 4.79 Å². The molecule has 0 radical (unpaired) electrons. The Hall–Kier alpha value is -3.59. The highest BCUT2D eigenvalue weighted by Gasteiger charge is 2.56. The number of methoxy groups -OCH3 is 3. The third-order valence-corrected chi connectivity index (χ3v) is 7.45. The van der Waals surface area contributed by atoms with Crippen LogP contribution in [0.1, 0.15) is 29.7 Å². The normalized spacial score (nSPS) is 19.8. The molecule has 0 aliphatic carbocycles. The molecule has 2 aromatic rings. The molecule has 1 saturated heterocycles. The molecule has 0 aromatic heterocycles. The molecule has 2 aromatic carbocycles. The predicted octanol–water partition coefficient (Wildman–Crippen LogP) is 2.91. The van der Waals surface area contributed by atoms with Crippen molar-refractivity contribution >= 4 is 17.8 Å². The molecule has 1 unspecified atom stereocenters. The zero-order chi connectivity index (χ0) is 26.2. The Morgan fingerprint density at radius 2 is 1.47 bits per heavy atom. The van der Waals surface area contributed by atoms with Gasteiger partial charge in [0, 0.05) is 33.2 Å². The van der Waals surface area contributed by atoms with Gasteiger partial charge >= 0.3 is 6.03 Å². The van der Waals surface area contributed by atoms with Crippen LogP contribution in [0.15, 0.2) is 36.4 Å². The van der Waals surface area contributed by atoms with Crippen LogP contribution in [0.5, 0.6) is 17.2 Å². The summed E-state index contributed by atoms with van der Waals surface area (Å²) in [4.78, 5) is 44.3. The highest BCUT2D eigenvalue weighted by atomic mass is 16.5. The minimum Gasteiger partial charge on any atom is -0.497 e. The number of benzene rings is 2. The standard InChI is InChI=1S/C27H33N3O6/c1-17-21-14-23(36-6)22(35-5)13-19(21)11-12-30(17)16-27(15-18-7-9-20(34-4)10-8-18)24(31)28(2)26(33)29(3)25(27)32/h7-10,13-14,17H,11-12,15-16H2,1-6H3. The van der Waals surface area contributed by atoms with Crippen LogP contribution in [-0.4, -0.2) is 81.1 Å². The molecule has 4 amide bonds. The molecule has 4 rings (SSSR count). The zero-order valence-corrected chi connectivity index (χ0v) is 21.7. The van der Waals surface area contributed by atoms with Crippen molar-refractivity contribution in [2.75, 3.05) is 48.5 Å². The maximum Gasteiger partial charge on any atom is 0.332 e. The smallest absolute Gasteiger partial charge is 0.332 e. The lowest BCUT2D eigenvalue weighted by Gasteiger charge is -2.46. The highest BCUT2D eigenvalue weighted by Crippen LogP contribution is 2.41. The summed E-state index contributed by atoms with van der Waals surface area (Å²) in [5.74, 6) is 1.01. The summed E-state index contributed by atoms with van der Waals surface area (Å²) in [6.45, 7) is 2.88. The molecule has 0 N–H and O–H groups in total. The van der Waals surface area contributed by atoms with E-state index in [0.717, 1.165) is 32.9 Å². The summed E-state index contributed by atoms with van der Waals surface area (Å²) in [5.41, 5.74) is 1.57. The number of hydrogen-bond acceptors (Lipinski definition) is 7. The SMILES string of the molecule is COc1ccc(CC2(CN3CCc4cc(OC)c(OC)cc4C3C)C(=O)N(C)C(=O)N(C)C2=O)cc1. The quantitative estimate of drug-likeness (QED) is 0.546. The summed E-state index contributed by atoms with van der Waals surface area (Å²) >= 11 is 0. The molecule has 36 heavy (non-hydrogen) atoms. The largest absolute Gasteiger partial charge is 0.497 e. The number of amides is 4. The lowest BCUT2D eigenvalue weighted by molar-refractivity contribution is -0.159. The average molecular weight is 496 g/mol. The lowest BCUT2D eigenvalue weighted by Crippen LogP contribution is -2.67. The number of rotatable bonds is 7. The van der Waals surface area contributed by atoms with Crippen molar-refractivity contribution in [2.24, 2.45) is 5.41 Å². The first kappa shape index (κ1) is 25.5. The molecule has 0 saturated carbocycles. The van der Waals surface area contributed by atoms with Gasteiger partial charge in [0.25, 0.3) is 0 Å². The van der Waals surface area contributed by atoms with Gasteiger partial charge in [0.15, 0.2) is 11.5 Å². The fraction of sp³-hybridized carbons (Fsp3) is 0.444. The summed E-state index contributed by atoms with van der Waals surface area (Å²) < 4.78 is 16.2. The van der Waals surface area contributed by atoms with Crippen LogP contribution < -0.4 is 14.2 Å². The molecule has 2 heterocycles. The van der Waals surface area contributed by atoms with Gasteiger partial charge in [-0.05, 0) is 60.7 Å². The summed E-state index contributed by atoms with van der Waals surface area (Å²) in [5, 5.41) is 0. The van der Waals surface area contributed by atoms with Gasteiger partial charge in [0.05, 0.1) is 21.3 Å². The summed E-state index contributed by atoms with van der Waals surface area (Å²) in [6.07, 6.45) is 0.893. The number of urea groups is 1. The van der Waals surface area contributed by atoms with E-state index in [2.05, 4.69) is 11.8 Å². The maximum absolute atomic E-state index is 13.7. The monoisotopic (exact) mass is 495 g/mol. The molecule has 0 spiro atoms. The Labute approximate surface area is 211 Å². The van der Waals surface area contributed by atoms with E-state index in [9.17, 15) is 14.4 Å². The Morgan fingerprint density at radius 3 is 2.03 bits per heavy atom. The number of barbiturate groups is 1. The van der Waals surface area contributed by atoms with Crippen molar-refractivity contribution < 1.29 is 28.6 Å². The van der Waals surface area contributed by atoms with E-state index in [-0.39, 0.29) is 19.0 Å². The van der Waals surface area contributed by atoms with Gasteiger partial charge in [-0.1, -0.05) is 12.1 Å². The van der Waals surface area contributed by atoms with E-state index in [1.165, 1.54) is 14.1 Å². The molecule has 0 bridgehead atoms. The number of nitrogens with zero attached hydrogens (tertiary/aromatic N) is 3. The van der Waals surface area contributed by atoms with Crippen LogP contribution >= 0.6 is 0 Å². The van der Waals surface area contributed by atoms with Crippen molar-refractivity contribution in [3.63, 3.8) is 0 Å². The minimum absolute atomic E-state index is 0.0878. The second-order valence-corrected chi connectivity index (χ2v) is 9.42. The Morgan fingerprint density at radius 1 is 0.889 bits per heavy atom. The van der Waals surface area contributed by atoms with Crippen LogP contribution in [-0.2, 0) is 22.4 Å². The molecule has 9 heteroatoms. The third kappa shape index (κ3) is 4.17. The molecule has 2 aliphatic rings. The molecular weight excluding hydrogens is 462 g/mol. The first-order valence-corrected chi connectivity index (χ1v) is 11.9. The zero-order valence-electron chi connectivity index (χ0n) is 21.7. The van der Waals surface area contributed by atoms with Crippen molar-refractivity contribution in [3.05, 3.63) is 53.1 Å². The van der Waals surface area contributed by atoms with Crippen LogP contribution in [0.2, 0.25) is 0 Å². The van der Waals surface area contributed by atoms with Gasteiger partial charge in [0.1, 0.15) is 11.2 Å². The summed E-state index contributed by atoms with van der Waals surface area (Å²) in [6, 6.07) is 10.6. The molecule has 2 aliphatic heterocycles. The van der Waals surface area contributed by atoms with E-state index >= 15 is 0 Å². The van der Waals surface area contributed by atoms with Gasteiger partial charge in [-0.3, -0.25) is 24.3 Å². The highest BCUT2D eigenvalue weighted by molar-refractivity contribution is 6.19. The van der Waals surface area contributed by atoms with E-state index < -0.39 is 23.3 Å². The fourth-order valence-corrected chi connectivity index (χ4v) is 5.33. The van der Waals surface area contributed by atoms with Crippen molar-refractivity contribution in [3.8, 4) is 17.2 Å². The number of fused-ring (bicyclic) bond motifs is 1. The second kappa shape index (κ2) is 9.81. The molecule has 1 atom stereocenters. The van der Waals surface area contributed by atoms with Gasteiger partial charge in [-0.2, -0.15) is 0 Å². The van der Waals surface area contributed by atoms with Crippen molar-refractivity contribution in [2.45, 2.75) is 25.8 Å². The average Bonchev–Trinajstić information content (AvgIpc) is 2.91. The lowest BCUT2D eigenvalue weighted by atomic mass is 9.76. The molecule has 1 fully saturated rings. The molecule has 192 valence electrons. The number of hydrogen-bond donors (Lipinski definition) is 0. The Balaban J connectivity index is 1.73. The van der Waals surface area contributed by atoms with Gasteiger partial charge in [-0.15, -0.1) is 0 Å². The number of ether oxygens (including phenoxy) is 3. The fourth-order valence-electron chi connectivity index (χ4n) is 5.33. The molecule has 9 nitrogen and oxygen atoms in total. The third-order valence-electron chi connectivity index (χ3n) is 7.45. The van der Waals surface area contributed by atoms with Crippen molar-refractivity contribution in [1.29, 1.82) is 0 Å². The van der Waals surface area contributed by atoms with Gasteiger partial charge in [-0.25, -0.2) is 4.79 Å². The first-order chi connectivity index (χ1) is 17.2. The van der Waals surface area contributed by atoms with E-state index in [1.54, 1.807) is 33.5 Å². The second-order valence-electron chi connectivity index (χ2n) is 9.42. The van der Waals surface area contributed by atoms with Crippen molar-refractivity contribution in [1.82, 2.24) is 14.7 Å². The first-order valence-electron chi connectivity index (χ1n) is 11.9. The number of carbonyl (C=O) groups is 3. The Kier molecular flexibility index (Phi) is 6.95. The summed E-state index contributed by atoms with van der Waals surface area (Å²) in [7, 11) is 7.66. The maximum atomic E-state index is 13.7. The van der Waals surface area contributed by atoms with E-state index in [0.29, 0.717) is 23.8 Å². The van der Waals surface area contributed by atoms with E-state index in [1.807, 2.05) is 24.3 Å². The van der Waals surface area contributed by atoms with Gasteiger partial charge in [0.2, 0.25) is 11.8 Å². The van der Waals surface area contributed by atoms with Gasteiger partial charge < -0.3 is 14.2 Å².